The average molecular weight is 171 g/mol. The van der Waals surface area contributed by atoms with Crippen molar-refractivity contribution in [1.82, 2.24) is 4.90 Å². The Morgan fingerprint density at radius 2 is 2.17 bits per heavy atom. The molecular formula is C9H17NO2. The summed E-state index contributed by atoms with van der Waals surface area (Å²) in [5.41, 5.74) is 0. The first kappa shape index (κ1) is 11.0. The number of ether oxygens (including phenoxy) is 1. The van der Waals surface area contributed by atoms with Crippen LogP contribution in [0.5, 0.6) is 0 Å². The molecule has 0 unspecified atom stereocenters. The van der Waals surface area contributed by atoms with Crippen LogP contribution in [0, 0.1) is 5.92 Å². The highest BCUT2D eigenvalue weighted by Crippen LogP contribution is 2.06. The van der Waals surface area contributed by atoms with Gasteiger partial charge in [-0.2, -0.15) is 0 Å². The Balaban J connectivity index is 0.000000561. The summed E-state index contributed by atoms with van der Waals surface area (Å²) in [6.07, 6.45) is -0.159. The summed E-state index contributed by atoms with van der Waals surface area (Å²) >= 11 is 0. The van der Waals surface area contributed by atoms with Crippen LogP contribution in [-0.4, -0.2) is 30.7 Å². The normalized spacial score (nSPS) is 15.6. The molecule has 1 aliphatic heterocycles. The maximum Gasteiger partial charge on any atom is 0.409 e. The standard InChI is InChI=1S/C7H13NO2.C2H4/c1-6(2)5-8-3-4-10-7(8)9;1-2/h6H,3-5H2,1-2H3;1-2H2. The maximum atomic E-state index is 10.8. The largest absolute Gasteiger partial charge is 0.448 e. The van der Waals surface area contributed by atoms with Gasteiger partial charge in [-0.05, 0) is 5.92 Å². The lowest BCUT2D eigenvalue weighted by molar-refractivity contribution is 0.155. The first-order valence-electron chi connectivity index (χ1n) is 4.12. The fourth-order valence-electron chi connectivity index (χ4n) is 1.03. The third-order valence-corrected chi connectivity index (χ3v) is 1.43. The molecule has 0 aliphatic carbocycles. The molecule has 0 N–H and O–H groups in total. The van der Waals surface area contributed by atoms with E-state index in [1.165, 1.54) is 0 Å². The summed E-state index contributed by atoms with van der Waals surface area (Å²) in [5, 5.41) is 0. The third kappa shape index (κ3) is 3.42. The Morgan fingerprint density at radius 3 is 2.50 bits per heavy atom. The molecule has 0 bridgehead atoms. The van der Waals surface area contributed by atoms with Crippen molar-refractivity contribution >= 4 is 6.09 Å². The Kier molecular flexibility index (Phi) is 5.17. The molecule has 1 fully saturated rings. The molecule has 1 heterocycles. The van der Waals surface area contributed by atoms with Crippen LogP contribution in [0.2, 0.25) is 0 Å². The summed E-state index contributed by atoms with van der Waals surface area (Å²) in [7, 11) is 0. The molecule has 1 rings (SSSR count). The van der Waals surface area contributed by atoms with Crippen LogP contribution in [0.4, 0.5) is 4.79 Å². The van der Waals surface area contributed by atoms with E-state index in [1.807, 2.05) is 0 Å². The van der Waals surface area contributed by atoms with Gasteiger partial charge in [-0.3, -0.25) is 0 Å². The molecule has 0 aromatic carbocycles. The Hall–Kier alpha value is -0.990. The van der Waals surface area contributed by atoms with E-state index in [0.29, 0.717) is 12.5 Å². The minimum atomic E-state index is -0.159. The number of rotatable bonds is 2. The average Bonchev–Trinajstić information content (AvgIpc) is 2.40. The van der Waals surface area contributed by atoms with Crippen LogP contribution in [0.1, 0.15) is 13.8 Å². The molecule has 3 heteroatoms. The van der Waals surface area contributed by atoms with E-state index in [4.69, 9.17) is 4.74 Å². The number of hydrogen-bond acceptors (Lipinski definition) is 2. The summed E-state index contributed by atoms with van der Waals surface area (Å²) in [4.78, 5) is 12.6. The first-order valence-corrected chi connectivity index (χ1v) is 4.12. The van der Waals surface area contributed by atoms with E-state index in [2.05, 4.69) is 27.0 Å². The summed E-state index contributed by atoms with van der Waals surface area (Å²) in [6.45, 7) is 12.3. The molecule has 0 saturated carbocycles. The zero-order valence-corrected chi connectivity index (χ0v) is 7.88. The molecular weight excluding hydrogens is 154 g/mol. The molecule has 1 saturated heterocycles. The minimum absolute atomic E-state index is 0.159. The quantitative estimate of drug-likeness (QED) is 0.594. The SMILES string of the molecule is C=C.CC(C)CN1CCOC1=O. The molecule has 0 aromatic rings. The topological polar surface area (TPSA) is 29.5 Å². The summed E-state index contributed by atoms with van der Waals surface area (Å²) in [6, 6.07) is 0. The van der Waals surface area contributed by atoms with Gasteiger partial charge in [0.25, 0.3) is 0 Å². The van der Waals surface area contributed by atoms with Gasteiger partial charge < -0.3 is 9.64 Å². The molecule has 70 valence electrons. The second kappa shape index (κ2) is 5.63. The lowest BCUT2D eigenvalue weighted by atomic mass is 10.2. The Bertz CT molecular complexity index is 145. The molecule has 1 aliphatic rings. The van der Waals surface area contributed by atoms with Gasteiger partial charge in [0.1, 0.15) is 6.61 Å². The van der Waals surface area contributed by atoms with Crippen LogP contribution in [-0.2, 0) is 4.74 Å². The van der Waals surface area contributed by atoms with Crippen LogP contribution >= 0.6 is 0 Å². The van der Waals surface area contributed by atoms with Crippen LogP contribution in [0.3, 0.4) is 0 Å². The number of nitrogens with zero attached hydrogens (tertiary/aromatic N) is 1. The van der Waals surface area contributed by atoms with Crippen molar-refractivity contribution in [2.75, 3.05) is 19.7 Å². The molecule has 0 aromatic heterocycles. The number of cyclic esters (lactones) is 1. The van der Waals surface area contributed by atoms with Gasteiger partial charge in [-0.25, -0.2) is 4.79 Å². The van der Waals surface area contributed by atoms with E-state index in [9.17, 15) is 4.79 Å². The highest BCUT2D eigenvalue weighted by atomic mass is 16.6. The highest BCUT2D eigenvalue weighted by molar-refractivity contribution is 5.69. The van der Waals surface area contributed by atoms with Crippen molar-refractivity contribution in [3.63, 3.8) is 0 Å². The predicted molar refractivity (Wildman–Crippen MR) is 49.0 cm³/mol. The van der Waals surface area contributed by atoms with Gasteiger partial charge in [0.2, 0.25) is 0 Å². The van der Waals surface area contributed by atoms with Crippen LogP contribution < -0.4 is 0 Å². The fourth-order valence-corrected chi connectivity index (χ4v) is 1.03. The van der Waals surface area contributed by atoms with Crippen LogP contribution in [0.15, 0.2) is 13.2 Å². The third-order valence-electron chi connectivity index (χ3n) is 1.43. The van der Waals surface area contributed by atoms with Gasteiger partial charge in [-0.15, -0.1) is 13.2 Å². The lowest BCUT2D eigenvalue weighted by Crippen LogP contribution is -2.28. The monoisotopic (exact) mass is 171 g/mol. The highest BCUT2D eigenvalue weighted by Gasteiger charge is 2.21. The van der Waals surface area contributed by atoms with Crippen molar-refractivity contribution in [3.05, 3.63) is 13.2 Å². The number of hydrogen-bond donors (Lipinski definition) is 0. The van der Waals surface area contributed by atoms with Crippen molar-refractivity contribution in [2.45, 2.75) is 13.8 Å². The van der Waals surface area contributed by atoms with Gasteiger partial charge >= 0.3 is 6.09 Å². The number of carbonyl (C=O) groups excluding carboxylic acids is 1. The van der Waals surface area contributed by atoms with Crippen molar-refractivity contribution < 1.29 is 9.53 Å². The summed E-state index contributed by atoms with van der Waals surface area (Å²) in [5.74, 6) is 0.533. The van der Waals surface area contributed by atoms with Gasteiger partial charge in [0.15, 0.2) is 0 Å². The molecule has 1 amide bonds. The fraction of sp³-hybridized carbons (Fsp3) is 0.667. The van der Waals surface area contributed by atoms with Gasteiger partial charge in [0, 0.05) is 6.54 Å². The van der Waals surface area contributed by atoms with Crippen molar-refractivity contribution in [2.24, 2.45) is 5.92 Å². The summed E-state index contributed by atoms with van der Waals surface area (Å²) < 4.78 is 4.75. The lowest BCUT2D eigenvalue weighted by Gasteiger charge is -2.14. The Labute approximate surface area is 74.0 Å². The number of carbonyl (C=O) groups is 1. The van der Waals surface area contributed by atoms with E-state index in [0.717, 1.165) is 13.1 Å². The molecule has 0 spiro atoms. The van der Waals surface area contributed by atoms with Crippen molar-refractivity contribution in [3.8, 4) is 0 Å². The van der Waals surface area contributed by atoms with Gasteiger partial charge in [0.05, 0.1) is 6.54 Å². The second-order valence-electron chi connectivity index (χ2n) is 2.95. The van der Waals surface area contributed by atoms with Gasteiger partial charge in [-0.1, -0.05) is 13.8 Å². The zero-order valence-electron chi connectivity index (χ0n) is 7.88. The van der Waals surface area contributed by atoms with E-state index in [-0.39, 0.29) is 6.09 Å². The first-order chi connectivity index (χ1) is 5.70. The van der Waals surface area contributed by atoms with E-state index < -0.39 is 0 Å². The number of amides is 1. The van der Waals surface area contributed by atoms with E-state index >= 15 is 0 Å². The molecule has 0 radical (unpaired) electrons. The predicted octanol–water partition coefficient (Wildman–Crippen LogP) is 1.90. The molecule has 0 atom stereocenters. The maximum absolute atomic E-state index is 10.8. The Morgan fingerprint density at radius 1 is 1.58 bits per heavy atom. The zero-order chi connectivity index (χ0) is 9.56. The molecule has 12 heavy (non-hydrogen) atoms. The van der Waals surface area contributed by atoms with E-state index in [1.54, 1.807) is 4.90 Å². The minimum Gasteiger partial charge on any atom is -0.448 e. The molecule has 3 nitrogen and oxygen atoms in total. The smallest absolute Gasteiger partial charge is 0.409 e. The van der Waals surface area contributed by atoms with Crippen LogP contribution in [0.25, 0.3) is 0 Å². The second-order valence-corrected chi connectivity index (χ2v) is 2.95. The van der Waals surface area contributed by atoms with Crippen molar-refractivity contribution in [1.29, 1.82) is 0 Å².